The van der Waals surface area contributed by atoms with Crippen molar-refractivity contribution >= 4 is 35.4 Å². The second-order valence-corrected chi connectivity index (χ2v) is 7.45. The van der Waals surface area contributed by atoms with Gasteiger partial charge in [-0.3, -0.25) is 9.59 Å². The Labute approximate surface area is 201 Å². The van der Waals surface area contributed by atoms with E-state index in [9.17, 15) is 9.59 Å². The maximum Gasteiger partial charge on any atom is 0.308 e. The van der Waals surface area contributed by atoms with Gasteiger partial charge in [-0.25, -0.2) is 4.98 Å². The fourth-order valence-electron chi connectivity index (χ4n) is 3.65. The highest BCUT2D eigenvalue weighted by molar-refractivity contribution is 5.90. The Morgan fingerprint density at radius 3 is 2.83 bits per heavy atom. The molecule has 1 aliphatic heterocycles. The number of benzene rings is 1. The van der Waals surface area contributed by atoms with Gasteiger partial charge in [-0.15, -0.1) is 0 Å². The van der Waals surface area contributed by atoms with E-state index in [4.69, 9.17) is 13.9 Å². The van der Waals surface area contributed by atoms with Crippen molar-refractivity contribution in [3.05, 3.63) is 30.8 Å². The van der Waals surface area contributed by atoms with E-state index in [0.717, 1.165) is 5.56 Å². The summed E-state index contributed by atoms with van der Waals surface area (Å²) in [6.45, 7) is 2.76. The third-order valence-corrected chi connectivity index (χ3v) is 5.26. The summed E-state index contributed by atoms with van der Waals surface area (Å²) in [6, 6.07) is 4.62. The molecular formula is C22H26N8O5. The van der Waals surface area contributed by atoms with Crippen molar-refractivity contribution in [2.75, 3.05) is 49.4 Å². The van der Waals surface area contributed by atoms with Crippen LogP contribution < -0.4 is 25.6 Å². The lowest BCUT2D eigenvalue weighted by Crippen LogP contribution is -2.56. The number of ether oxygens (including phenoxy) is 2. The first-order valence-corrected chi connectivity index (χ1v) is 11.0. The molecule has 13 nitrogen and oxygen atoms in total. The van der Waals surface area contributed by atoms with Gasteiger partial charge in [0.2, 0.25) is 23.8 Å². The molecule has 0 radical (unpaired) electrons. The highest BCUT2D eigenvalue weighted by atomic mass is 16.5. The minimum Gasteiger partial charge on any atom is -0.496 e. The van der Waals surface area contributed by atoms with E-state index in [1.807, 2.05) is 12.1 Å². The third-order valence-electron chi connectivity index (χ3n) is 5.26. The van der Waals surface area contributed by atoms with E-state index < -0.39 is 12.0 Å². The van der Waals surface area contributed by atoms with Crippen molar-refractivity contribution in [3.8, 4) is 17.1 Å². The first-order chi connectivity index (χ1) is 17.0. The number of aromatic nitrogens is 4. The Kier molecular flexibility index (Phi) is 7.24. The molecule has 2 aromatic heterocycles. The van der Waals surface area contributed by atoms with Crippen LogP contribution in [0.15, 0.2) is 35.2 Å². The molecule has 3 heterocycles. The van der Waals surface area contributed by atoms with Crippen molar-refractivity contribution in [3.63, 3.8) is 0 Å². The van der Waals surface area contributed by atoms with Gasteiger partial charge in [0.05, 0.1) is 31.9 Å². The number of oxazole rings is 1. The van der Waals surface area contributed by atoms with Crippen molar-refractivity contribution in [1.82, 2.24) is 25.3 Å². The molecule has 4 rings (SSSR count). The summed E-state index contributed by atoms with van der Waals surface area (Å²) >= 11 is 0. The number of methoxy groups -OCH3 is 1. The average molecular weight is 483 g/mol. The molecule has 0 spiro atoms. The number of carbonyl (C=O) groups is 2. The lowest BCUT2D eigenvalue weighted by atomic mass is 10.1. The number of anilines is 4. The molecule has 1 aliphatic rings. The number of amides is 1. The monoisotopic (exact) mass is 482 g/mol. The van der Waals surface area contributed by atoms with Gasteiger partial charge in [0.25, 0.3) is 0 Å². The van der Waals surface area contributed by atoms with Gasteiger partial charge in [-0.2, -0.15) is 15.0 Å². The summed E-state index contributed by atoms with van der Waals surface area (Å²) in [4.78, 5) is 43.6. The Balaban J connectivity index is 1.62. The average Bonchev–Trinajstić information content (AvgIpc) is 3.40. The molecule has 1 fully saturated rings. The molecule has 184 valence electrons. The van der Waals surface area contributed by atoms with Crippen molar-refractivity contribution in [2.45, 2.75) is 19.4 Å². The first-order valence-electron chi connectivity index (χ1n) is 11.0. The maximum absolute atomic E-state index is 12.6. The lowest BCUT2D eigenvalue weighted by molar-refractivity contribution is -0.145. The van der Waals surface area contributed by atoms with Crippen LogP contribution in [0.4, 0.5) is 23.5 Å². The minimum absolute atomic E-state index is 0.122. The normalized spacial score (nSPS) is 15.3. The quantitative estimate of drug-likeness (QED) is 0.379. The van der Waals surface area contributed by atoms with E-state index in [1.165, 1.54) is 6.39 Å². The number of hydrogen-bond acceptors (Lipinski definition) is 12. The molecular weight excluding hydrogens is 456 g/mol. The second kappa shape index (κ2) is 10.7. The molecule has 3 N–H and O–H groups in total. The fourth-order valence-corrected chi connectivity index (χ4v) is 3.65. The van der Waals surface area contributed by atoms with Crippen LogP contribution >= 0.6 is 0 Å². The Morgan fingerprint density at radius 1 is 1.29 bits per heavy atom. The summed E-state index contributed by atoms with van der Waals surface area (Å²) < 4.78 is 15.9. The molecule has 0 bridgehead atoms. The predicted octanol–water partition coefficient (Wildman–Crippen LogP) is 1.58. The van der Waals surface area contributed by atoms with Crippen LogP contribution in [0.5, 0.6) is 5.75 Å². The standard InChI is InChI=1S/C22H26N8O5/c1-4-34-18(31)10-15-19(32)25-7-8-30(15)22-28-20(23-2)27-21(29-22)26-13-5-6-14(16(9-13)33-3)17-11-24-12-35-17/h5-6,9,11-12,15H,4,7-8,10H2,1-3H3,(H,25,32)(H2,23,26,27,28,29). The van der Waals surface area contributed by atoms with Gasteiger partial charge < -0.3 is 34.7 Å². The molecule has 1 atom stereocenters. The molecule has 1 saturated heterocycles. The smallest absolute Gasteiger partial charge is 0.308 e. The van der Waals surface area contributed by atoms with Crippen molar-refractivity contribution < 1.29 is 23.5 Å². The molecule has 13 heteroatoms. The highest BCUT2D eigenvalue weighted by Crippen LogP contribution is 2.33. The Bertz CT molecular complexity index is 1190. The van der Waals surface area contributed by atoms with Crippen LogP contribution in [0.3, 0.4) is 0 Å². The summed E-state index contributed by atoms with van der Waals surface area (Å²) in [7, 11) is 3.24. The number of carbonyl (C=O) groups excluding carboxylic acids is 2. The van der Waals surface area contributed by atoms with Crippen molar-refractivity contribution in [1.29, 1.82) is 0 Å². The van der Waals surface area contributed by atoms with Crippen LogP contribution in [-0.2, 0) is 14.3 Å². The SMILES string of the molecule is CCOC(=O)CC1C(=O)NCCN1c1nc(NC)nc(Nc2ccc(-c3cnco3)c(OC)c2)n1. The zero-order valence-corrected chi connectivity index (χ0v) is 19.6. The molecule has 0 saturated carbocycles. The van der Waals surface area contributed by atoms with Gasteiger partial charge >= 0.3 is 5.97 Å². The number of hydrogen-bond donors (Lipinski definition) is 3. The number of piperazine rings is 1. The molecule has 1 aromatic carbocycles. The summed E-state index contributed by atoms with van der Waals surface area (Å²) in [5.74, 6) is 1.17. The number of nitrogens with one attached hydrogen (secondary N) is 3. The van der Waals surface area contributed by atoms with Gasteiger partial charge in [0, 0.05) is 31.9 Å². The fraction of sp³-hybridized carbons (Fsp3) is 0.364. The van der Waals surface area contributed by atoms with Crippen LogP contribution in [0.25, 0.3) is 11.3 Å². The van der Waals surface area contributed by atoms with Crippen molar-refractivity contribution in [2.24, 2.45) is 0 Å². The number of rotatable bonds is 9. The van der Waals surface area contributed by atoms with E-state index >= 15 is 0 Å². The van der Waals surface area contributed by atoms with Gasteiger partial charge in [-0.05, 0) is 19.1 Å². The molecule has 1 amide bonds. The van der Waals surface area contributed by atoms with Crippen LogP contribution in [0, 0.1) is 0 Å². The minimum atomic E-state index is -0.802. The molecule has 3 aromatic rings. The van der Waals surface area contributed by atoms with Crippen LogP contribution in [0.2, 0.25) is 0 Å². The van der Waals surface area contributed by atoms with Crippen LogP contribution in [-0.4, -0.2) is 71.7 Å². The van der Waals surface area contributed by atoms with Gasteiger partial charge in [-0.1, -0.05) is 0 Å². The van der Waals surface area contributed by atoms with Gasteiger partial charge in [0.15, 0.2) is 12.2 Å². The number of esters is 1. The van der Waals surface area contributed by atoms with E-state index in [2.05, 4.69) is 35.9 Å². The third kappa shape index (κ3) is 5.39. The van der Waals surface area contributed by atoms with E-state index in [0.29, 0.717) is 36.2 Å². The zero-order chi connectivity index (χ0) is 24.8. The summed E-state index contributed by atoms with van der Waals surface area (Å²) in [5.41, 5.74) is 1.40. The summed E-state index contributed by atoms with van der Waals surface area (Å²) in [6.07, 6.45) is 2.83. The Morgan fingerprint density at radius 2 is 2.11 bits per heavy atom. The summed E-state index contributed by atoms with van der Waals surface area (Å²) in [5, 5.41) is 8.83. The largest absolute Gasteiger partial charge is 0.496 e. The molecule has 35 heavy (non-hydrogen) atoms. The van der Waals surface area contributed by atoms with Gasteiger partial charge in [0.1, 0.15) is 11.8 Å². The first kappa shape index (κ1) is 23.7. The number of nitrogens with zero attached hydrogens (tertiary/aromatic N) is 5. The lowest BCUT2D eigenvalue weighted by Gasteiger charge is -2.34. The predicted molar refractivity (Wildman–Crippen MR) is 127 cm³/mol. The topological polar surface area (TPSA) is 157 Å². The van der Waals surface area contributed by atoms with Crippen LogP contribution in [0.1, 0.15) is 13.3 Å². The van der Waals surface area contributed by atoms with E-state index in [-0.39, 0.29) is 30.8 Å². The molecule has 1 unspecified atom stereocenters. The Hall–Kier alpha value is -4.42. The zero-order valence-electron chi connectivity index (χ0n) is 19.6. The van der Waals surface area contributed by atoms with E-state index in [1.54, 1.807) is 38.2 Å². The molecule has 0 aliphatic carbocycles. The second-order valence-electron chi connectivity index (χ2n) is 7.45. The highest BCUT2D eigenvalue weighted by Gasteiger charge is 2.34. The maximum atomic E-state index is 12.6.